The molecule has 0 unspecified atom stereocenters. The molecule has 1 N–H and O–H groups in total. The van der Waals surface area contributed by atoms with Crippen LogP contribution in [0.25, 0.3) is 10.9 Å². The molecule has 1 aliphatic rings. The van der Waals surface area contributed by atoms with E-state index in [1.807, 2.05) is 12.1 Å². The molecule has 158 valence electrons. The Hall–Kier alpha value is -2.57. The van der Waals surface area contributed by atoms with Crippen LogP contribution in [0.5, 0.6) is 11.5 Å². The molecule has 1 saturated heterocycles. The number of methoxy groups -OCH3 is 1. The van der Waals surface area contributed by atoms with Crippen molar-refractivity contribution in [3.05, 3.63) is 53.4 Å². The van der Waals surface area contributed by atoms with E-state index in [1.54, 1.807) is 31.5 Å². The molecule has 1 aliphatic heterocycles. The van der Waals surface area contributed by atoms with Gasteiger partial charge in [0, 0.05) is 34.9 Å². The maximum absolute atomic E-state index is 14.2. The average molecular weight is 430 g/mol. The lowest BCUT2D eigenvalue weighted by atomic mass is 10.1. The molecule has 4 rings (SSSR count). The van der Waals surface area contributed by atoms with Gasteiger partial charge in [-0.2, -0.15) is 0 Å². The third kappa shape index (κ3) is 4.77. The lowest BCUT2D eigenvalue weighted by Gasteiger charge is -2.16. The highest BCUT2D eigenvalue weighted by Crippen LogP contribution is 2.36. The largest absolute Gasteiger partial charge is 0.493 e. The van der Waals surface area contributed by atoms with Crippen LogP contribution in [0.15, 0.2) is 42.6 Å². The van der Waals surface area contributed by atoms with E-state index in [4.69, 9.17) is 21.1 Å². The van der Waals surface area contributed by atoms with Gasteiger partial charge in [-0.1, -0.05) is 11.6 Å². The minimum absolute atomic E-state index is 0.341. The summed E-state index contributed by atoms with van der Waals surface area (Å²) in [5.74, 6) is 0.863. The molecule has 0 aliphatic carbocycles. The Bertz CT molecular complexity index is 1020. The van der Waals surface area contributed by atoms with Crippen LogP contribution in [0.2, 0.25) is 5.02 Å². The Morgan fingerprint density at radius 1 is 1.10 bits per heavy atom. The van der Waals surface area contributed by atoms with Crippen LogP contribution < -0.4 is 14.8 Å². The molecule has 2 aromatic carbocycles. The minimum Gasteiger partial charge on any atom is -0.493 e. The van der Waals surface area contributed by atoms with Crippen molar-refractivity contribution >= 4 is 33.9 Å². The molecule has 0 amide bonds. The summed E-state index contributed by atoms with van der Waals surface area (Å²) >= 11 is 5.85. The zero-order valence-corrected chi connectivity index (χ0v) is 17.7. The quantitative estimate of drug-likeness (QED) is 0.469. The number of nitrogens with one attached hydrogen (secondary N) is 1. The highest BCUT2D eigenvalue weighted by molar-refractivity contribution is 6.30. The van der Waals surface area contributed by atoms with Gasteiger partial charge in [0.25, 0.3) is 0 Å². The fraction of sp³-hybridized carbons (Fsp3) is 0.348. The van der Waals surface area contributed by atoms with Crippen LogP contribution in [0.3, 0.4) is 0 Å². The minimum atomic E-state index is -0.419. The number of halogens is 2. The highest BCUT2D eigenvalue weighted by atomic mass is 35.5. The summed E-state index contributed by atoms with van der Waals surface area (Å²) in [6, 6.07) is 10.1. The lowest BCUT2D eigenvalue weighted by molar-refractivity contribution is 0.254. The predicted molar refractivity (Wildman–Crippen MR) is 119 cm³/mol. The zero-order valence-electron chi connectivity index (χ0n) is 17.0. The summed E-state index contributed by atoms with van der Waals surface area (Å²) in [6.45, 7) is 4.04. The van der Waals surface area contributed by atoms with Crippen LogP contribution >= 0.6 is 11.6 Å². The van der Waals surface area contributed by atoms with Gasteiger partial charge in [-0.25, -0.2) is 4.39 Å². The summed E-state index contributed by atoms with van der Waals surface area (Å²) in [5, 5.41) is 4.29. The number of benzene rings is 2. The molecule has 0 spiro atoms. The standard InChI is InChI=1S/C23H25ClFN3O2/c1-29-22-14-17-19(27-20-6-5-16(24)13-18(20)25)7-8-26-21(17)15-23(22)30-12-4-11-28-9-2-3-10-28/h5-8,13-15H,2-4,9-12H2,1H3,(H,26,27). The molecular weight excluding hydrogens is 405 g/mol. The third-order valence-electron chi connectivity index (χ3n) is 5.30. The first-order valence-corrected chi connectivity index (χ1v) is 10.6. The number of fused-ring (bicyclic) bond motifs is 1. The smallest absolute Gasteiger partial charge is 0.163 e. The molecule has 2 heterocycles. The SMILES string of the molecule is COc1cc2c(Nc3ccc(Cl)cc3F)ccnc2cc1OCCCN1CCCC1. The second-order valence-electron chi connectivity index (χ2n) is 7.38. The number of pyridine rings is 1. The van der Waals surface area contributed by atoms with Crippen molar-refractivity contribution in [2.75, 3.05) is 38.7 Å². The van der Waals surface area contributed by atoms with Crippen molar-refractivity contribution < 1.29 is 13.9 Å². The summed E-state index contributed by atoms with van der Waals surface area (Å²) in [5.41, 5.74) is 1.80. The monoisotopic (exact) mass is 429 g/mol. The van der Waals surface area contributed by atoms with Crippen LogP contribution in [0, 0.1) is 5.82 Å². The maximum Gasteiger partial charge on any atom is 0.163 e. The molecule has 30 heavy (non-hydrogen) atoms. The number of anilines is 2. The van der Waals surface area contributed by atoms with Crippen LogP contribution in [-0.2, 0) is 0 Å². The highest BCUT2D eigenvalue weighted by Gasteiger charge is 2.14. The van der Waals surface area contributed by atoms with Crippen LogP contribution in [-0.4, -0.2) is 43.2 Å². The van der Waals surface area contributed by atoms with Crippen molar-refractivity contribution in [3.63, 3.8) is 0 Å². The molecule has 0 saturated carbocycles. The topological polar surface area (TPSA) is 46.6 Å². The summed E-state index contributed by atoms with van der Waals surface area (Å²) in [4.78, 5) is 6.92. The molecule has 5 nitrogen and oxygen atoms in total. The number of ether oxygens (including phenoxy) is 2. The van der Waals surface area contributed by atoms with E-state index < -0.39 is 5.82 Å². The van der Waals surface area contributed by atoms with E-state index in [1.165, 1.54) is 32.0 Å². The first kappa shape index (κ1) is 20.7. The fourth-order valence-electron chi connectivity index (χ4n) is 3.75. The molecule has 0 bridgehead atoms. The van der Waals surface area contributed by atoms with E-state index >= 15 is 0 Å². The van der Waals surface area contributed by atoms with Crippen molar-refractivity contribution in [2.45, 2.75) is 19.3 Å². The van der Waals surface area contributed by atoms with E-state index in [2.05, 4.69) is 15.2 Å². The molecule has 7 heteroatoms. The number of nitrogens with zero attached hydrogens (tertiary/aromatic N) is 2. The average Bonchev–Trinajstić information content (AvgIpc) is 3.26. The number of hydrogen-bond acceptors (Lipinski definition) is 5. The van der Waals surface area contributed by atoms with Gasteiger partial charge in [0.1, 0.15) is 5.82 Å². The number of rotatable bonds is 8. The number of likely N-dealkylation sites (tertiary alicyclic amines) is 1. The van der Waals surface area contributed by atoms with E-state index in [9.17, 15) is 4.39 Å². The summed E-state index contributed by atoms with van der Waals surface area (Å²) in [7, 11) is 1.61. The Kier molecular flexibility index (Phi) is 6.55. The predicted octanol–water partition coefficient (Wildman–Crippen LogP) is 5.64. The lowest BCUT2D eigenvalue weighted by Crippen LogP contribution is -2.21. The Labute approximate surface area is 180 Å². The molecule has 0 atom stereocenters. The van der Waals surface area contributed by atoms with Gasteiger partial charge < -0.3 is 19.7 Å². The van der Waals surface area contributed by atoms with Gasteiger partial charge >= 0.3 is 0 Å². The normalized spacial score (nSPS) is 14.2. The van der Waals surface area contributed by atoms with Gasteiger partial charge in [-0.15, -0.1) is 0 Å². The molecular formula is C23H25ClFN3O2. The number of hydrogen-bond donors (Lipinski definition) is 1. The summed E-state index contributed by atoms with van der Waals surface area (Å²) < 4.78 is 25.8. The second-order valence-corrected chi connectivity index (χ2v) is 7.82. The van der Waals surface area contributed by atoms with E-state index in [-0.39, 0.29) is 0 Å². The van der Waals surface area contributed by atoms with Gasteiger partial charge in [0.15, 0.2) is 11.5 Å². The van der Waals surface area contributed by atoms with Crippen LogP contribution in [0.1, 0.15) is 19.3 Å². The van der Waals surface area contributed by atoms with Gasteiger partial charge in [0.2, 0.25) is 0 Å². The van der Waals surface area contributed by atoms with Gasteiger partial charge in [0.05, 0.1) is 24.9 Å². The zero-order chi connectivity index (χ0) is 20.9. The van der Waals surface area contributed by atoms with Crippen LogP contribution in [0.4, 0.5) is 15.8 Å². The Morgan fingerprint density at radius 3 is 2.70 bits per heavy atom. The molecule has 0 radical (unpaired) electrons. The van der Waals surface area contributed by atoms with Gasteiger partial charge in [-0.3, -0.25) is 4.98 Å². The summed E-state index contributed by atoms with van der Waals surface area (Å²) in [6.07, 6.45) is 5.23. The Balaban J connectivity index is 1.52. The first-order valence-electron chi connectivity index (χ1n) is 10.2. The Morgan fingerprint density at radius 2 is 1.93 bits per heavy atom. The molecule has 1 fully saturated rings. The second kappa shape index (κ2) is 9.49. The first-order chi connectivity index (χ1) is 14.6. The van der Waals surface area contributed by atoms with Crippen molar-refractivity contribution in [1.29, 1.82) is 0 Å². The third-order valence-corrected chi connectivity index (χ3v) is 5.54. The van der Waals surface area contributed by atoms with Crippen molar-refractivity contribution in [2.24, 2.45) is 0 Å². The number of aromatic nitrogens is 1. The van der Waals surface area contributed by atoms with E-state index in [0.717, 1.165) is 29.6 Å². The molecule has 1 aromatic heterocycles. The van der Waals surface area contributed by atoms with Crippen molar-refractivity contribution in [1.82, 2.24) is 9.88 Å². The van der Waals surface area contributed by atoms with Gasteiger partial charge in [-0.05, 0) is 62.7 Å². The fourth-order valence-corrected chi connectivity index (χ4v) is 3.91. The maximum atomic E-state index is 14.2. The van der Waals surface area contributed by atoms with Crippen molar-refractivity contribution in [3.8, 4) is 11.5 Å². The van der Waals surface area contributed by atoms with E-state index in [0.29, 0.717) is 28.8 Å². The molecule has 3 aromatic rings.